The quantitative estimate of drug-likeness (QED) is 0.185. The number of anilines is 2. The molecular formula is C32H29Cl3N4O7S. The lowest BCUT2D eigenvalue weighted by atomic mass is 10.0. The second kappa shape index (κ2) is 14.3. The number of aromatic nitrogens is 1. The summed E-state index contributed by atoms with van der Waals surface area (Å²) in [7, 11) is -3.84. The molecule has 0 atom stereocenters. The SMILES string of the molecule is O=C(COC(=O)c1cc(-c2ccc(Cl)c(Cl)c2Cl)nc2ccccc12)Nc1cc(S(=O)(=O)N2CCOCC2)ccc1N1CCOCC1. The Morgan fingerprint density at radius 2 is 1.57 bits per heavy atom. The molecule has 4 aromatic rings. The molecule has 0 unspecified atom stereocenters. The number of nitrogens with zero attached hydrogens (tertiary/aromatic N) is 3. The van der Waals surface area contributed by atoms with Crippen LogP contribution in [0.2, 0.25) is 15.1 Å². The first-order valence-electron chi connectivity index (χ1n) is 14.7. The number of morpholine rings is 2. The average molecular weight is 720 g/mol. The van der Waals surface area contributed by atoms with Gasteiger partial charge in [-0.2, -0.15) is 4.31 Å². The fourth-order valence-corrected chi connectivity index (χ4v) is 7.46. The maximum atomic E-state index is 13.5. The number of carbonyl (C=O) groups excluding carboxylic acids is 2. The van der Waals surface area contributed by atoms with Gasteiger partial charge in [0.1, 0.15) is 0 Å². The lowest BCUT2D eigenvalue weighted by molar-refractivity contribution is -0.119. The molecule has 1 amide bonds. The molecule has 2 fully saturated rings. The zero-order valence-electron chi connectivity index (χ0n) is 24.9. The van der Waals surface area contributed by atoms with Gasteiger partial charge in [0.15, 0.2) is 6.61 Å². The van der Waals surface area contributed by atoms with Gasteiger partial charge in [0.05, 0.1) is 74.5 Å². The molecule has 0 radical (unpaired) electrons. The Morgan fingerprint density at radius 1 is 0.872 bits per heavy atom. The molecule has 2 aliphatic rings. The maximum Gasteiger partial charge on any atom is 0.339 e. The Balaban J connectivity index is 1.25. The highest BCUT2D eigenvalue weighted by Gasteiger charge is 2.28. The van der Waals surface area contributed by atoms with Crippen LogP contribution in [0.4, 0.5) is 11.4 Å². The van der Waals surface area contributed by atoms with Crippen LogP contribution in [-0.2, 0) is 29.0 Å². The summed E-state index contributed by atoms with van der Waals surface area (Å²) in [5.41, 5.74) is 2.37. The van der Waals surface area contributed by atoms with Gasteiger partial charge in [-0.3, -0.25) is 4.79 Å². The number of amides is 1. The molecular weight excluding hydrogens is 691 g/mol. The second-order valence-electron chi connectivity index (χ2n) is 10.7. The van der Waals surface area contributed by atoms with E-state index < -0.39 is 28.5 Å². The van der Waals surface area contributed by atoms with Crippen LogP contribution >= 0.6 is 34.8 Å². The number of hydrogen-bond donors (Lipinski definition) is 1. The average Bonchev–Trinajstić information content (AvgIpc) is 3.10. The Hall–Kier alpha value is -3.49. The number of rotatable bonds is 8. The minimum Gasteiger partial charge on any atom is -0.452 e. The monoisotopic (exact) mass is 718 g/mol. The number of nitrogens with one attached hydrogen (secondary N) is 1. The van der Waals surface area contributed by atoms with Crippen molar-refractivity contribution in [3.63, 3.8) is 0 Å². The van der Waals surface area contributed by atoms with E-state index in [-0.39, 0.29) is 44.3 Å². The summed E-state index contributed by atoms with van der Waals surface area (Å²) in [6.45, 7) is 2.48. The van der Waals surface area contributed by atoms with Crippen LogP contribution in [0, 0.1) is 0 Å². The van der Waals surface area contributed by atoms with Crippen molar-refractivity contribution in [2.24, 2.45) is 0 Å². The highest BCUT2D eigenvalue weighted by Crippen LogP contribution is 2.38. The van der Waals surface area contributed by atoms with Crippen LogP contribution in [0.3, 0.4) is 0 Å². The molecule has 2 saturated heterocycles. The molecule has 15 heteroatoms. The van der Waals surface area contributed by atoms with E-state index in [4.69, 9.17) is 49.0 Å². The summed E-state index contributed by atoms with van der Waals surface area (Å²) < 4.78 is 44.4. The molecule has 1 N–H and O–H groups in total. The summed E-state index contributed by atoms with van der Waals surface area (Å²) >= 11 is 18.8. The fourth-order valence-electron chi connectivity index (χ4n) is 5.39. The number of hydrogen-bond acceptors (Lipinski definition) is 9. The minimum absolute atomic E-state index is 0.0282. The Morgan fingerprint density at radius 3 is 2.32 bits per heavy atom. The van der Waals surface area contributed by atoms with E-state index >= 15 is 0 Å². The first kappa shape index (κ1) is 33.4. The van der Waals surface area contributed by atoms with Gasteiger partial charge in [-0.25, -0.2) is 18.2 Å². The summed E-state index contributed by atoms with van der Waals surface area (Å²) in [6.07, 6.45) is 0. The first-order valence-corrected chi connectivity index (χ1v) is 17.3. The number of ether oxygens (including phenoxy) is 3. The summed E-state index contributed by atoms with van der Waals surface area (Å²) in [4.78, 5) is 33.4. The van der Waals surface area contributed by atoms with Crippen molar-refractivity contribution >= 4 is 79.0 Å². The number of halogens is 3. The zero-order chi connectivity index (χ0) is 33.1. The van der Waals surface area contributed by atoms with E-state index in [1.165, 1.54) is 22.5 Å². The van der Waals surface area contributed by atoms with E-state index in [1.807, 2.05) is 4.90 Å². The summed E-state index contributed by atoms with van der Waals surface area (Å²) in [5, 5.41) is 3.87. The molecule has 0 spiro atoms. The Bertz CT molecular complexity index is 1950. The third-order valence-electron chi connectivity index (χ3n) is 7.78. The van der Waals surface area contributed by atoms with E-state index in [0.717, 1.165) is 0 Å². The van der Waals surface area contributed by atoms with Crippen molar-refractivity contribution in [1.82, 2.24) is 9.29 Å². The van der Waals surface area contributed by atoms with E-state index in [0.29, 0.717) is 67.4 Å². The number of pyridine rings is 1. The van der Waals surface area contributed by atoms with Gasteiger partial charge in [0, 0.05) is 37.1 Å². The largest absolute Gasteiger partial charge is 0.452 e. The van der Waals surface area contributed by atoms with Crippen LogP contribution in [-0.4, -0.2) is 88.8 Å². The van der Waals surface area contributed by atoms with Crippen LogP contribution < -0.4 is 10.2 Å². The molecule has 0 aliphatic carbocycles. The lowest BCUT2D eigenvalue weighted by Gasteiger charge is -2.31. The van der Waals surface area contributed by atoms with Gasteiger partial charge in [-0.05, 0) is 42.5 Å². The smallest absolute Gasteiger partial charge is 0.339 e. The third kappa shape index (κ3) is 7.19. The number of benzene rings is 3. The summed E-state index contributed by atoms with van der Waals surface area (Å²) in [5.74, 6) is -1.42. The fraction of sp³-hybridized carbons (Fsp3) is 0.281. The van der Waals surface area contributed by atoms with Gasteiger partial charge in [0.25, 0.3) is 5.91 Å². The molecule has 6 rings (SSSR count). The van der Waals surface area contributed by atoms with Crippen molar-refractivity contribution in [2.45, 2.75) is 4.90 Å². The summed E-state index contributed by atoms with van der Waals surface area (Å²) in [6, 6.07) is 16.3. The molecule has 3 heterocycles. The van der Waals surface area contributed by atoms with Crippen molar-refractivity contribution < 1.29 is 32.2 Å². The topological polar surface area (TPSA) is 127 Å². The van der Waals surface area contributed by atoms with Crippen molar-refractivity contribution in [2.75, 3.05) is 69.4 Å². The van der Waals surface area contributed by atoms with Crippen molar-refractivity contribution in [1.29, 1.82) is 0 Å². The van der Waals surface area contributed by atoms with Crippen LogP contribution in [0.1, 0.15) is 10.4 Å². The van der Waals surface area contributed by atoms with Gasteiger partial charge in [0.2, 0.25) is 10.0 Å². The predicted molar refractivity (Wildman–Crippen MR) is 180 cm³/mol. The Kier molecular flexibility index (Phi) is 10.2. The number of esters is 1. The maximum absolute atomic E-state index is 13.5. The molecule has 246 valence electrons. The van der Waals surface area contributed by atoms with Crippen molar-refractivity contribution in [3.8, 4) is 11.3 Å². The zero-order valence-corrected chi connectivity index (χ0v) is 28.0. The first-order chi connectivity index (χ1) is 22.6. The minimum atomic E-state index is -3.84. The van der Waals surface area contributed by atoms with Gasteiger partial charge < -0.3 is 24.4 Å². The molecule has 1 aromatic heterocycles. The number of para-hydroxylation sites is 1. The van der Waals surface area contributed by atoms with Gasteiger partial charge >= 0.3 is 5.97 Å². The molecule has 0 bridgehead atoms. The van der Waals surface area contributed by atoms with Gasteiger partial charge in [-0.1, -0.05) is 53.0 Å². The highest BCUT2D eigenvalue weighted by molar-refractivity contribution is 7.89. The molecule has 0 saturated carbocycles. The van der Waals surface area contributed by atoms with E-state index in [9.17, 15) is 18.0 Å². The molecule has 47 heavy (non-hydrogen) atoms. The normalized spacial score (nSPS) is 15.9. The second-order valence-corrected chi connectivity index (χ2v) is 13.8. The Labute approximate surface area is 286 Å². The third-order valence-corrected chi connectivity index (χ3v) is 11.0. The number of sulfonamides is 1. The van der Waals surface area contributed by atoms with E-state index in [1.54, 1.807) is 42.5 Å². The molecule has 11 nitrogen and oxygen atoms in total. The number of carbonyl (C=O) groups is 2. The van der Waals surface area contributed by atoms with E-state index in [2.05, 4.69) is 10.3 Å². The molecule has 3 aromatic carbocycles. The van der Waals surface area contributed by atoms with Crippen LogP contribution in [0.25, 0.3) is 22.2 Å². The highest BCUT2D eigenvalue weighted by atomic mass is 35.5. The standard InChI is InChI=1S/C32H29Cl3N4O7S/c33-24-7-6-22(30(34)31(24)35)26-18-23(21-3-1-2-4-25(21)36-26)32(41)46-19-29(40)37-27-17-20(47(42,43)39-11-15-45-16-12-39)5-8-28(27)38-9-13-44-14-10-38/h1-8,17-18H,9-16,19H2,(H,37,40). The lowest BCUT2D eigenvalue weighted by Crippen LogP contribution is -2.40. The number of fused-ring (bicyclic) bond motifs is 1. The molecule has 2 aliphatic heterocycles. The van der Waals surface area contributed by atoms with Gasteiger partial charge in [-0.15, -0.1) is 0 Å². The van der Waals surface area contributed by atoms with Crippen LogP contribution in [0.5, 0.6) is 0 Å². The predicted octanol–water partition coefficient (Wildman–Crippen LogP) is 5.52. The van der Waals surface area contributed by atoms with Crippen LogP contribution in [0.15, 0.2) is 65.6 Å². The van der Waals surface area contributed by atoms with Crippen molar-refractivity contribution in [3.05, 3.63) is 81.3 Å².